The van der Waals surface area contributed by atoms with Crippen molar-refractivity contribution in [3.8, 4) is 23.6 Å². The monoisotopic (exact) mass is 356 g/mol. The summed E-state index contributed by atoms with van der Waals surface area (Å²) in [7, 11) is 0. The molecule has 0 bridgehead atoms. The minimum absolute atomic E-state index is 0.337. The summed E-state index contributed by atoms with van der Waals surface area (Å²) in [6, 6.07) is 7.40. The van der Waals surface area contributed by atoms with Gasteiger partial charge in [0.2, 0.25) is 0 Å². The van der Waals surface area contributed by atoms with Crippen LogP contribution in [-0.2, 0) is 0 Å². The molecule has 26 heavy (non-hydrogen) atoms. The lowest BCUT2D eigenvalue weighted by Gasteiger charge is -2.14. The molecule has 0 saturated heterocycles. The van der Waals surface area contributed by atoms with Gasteiger partial charge in [-0.3, -0.25) is 0 Å². The van der Waals surface area contributed by atoms with E-state index in [1.54, 1.807) is 12.1 Å². The van der Waals surface area contributed by atoms with Crippen LogP contribution in [0.5, 0.6) is 11.5 Å². The van der Waals surface area contributed by atoms with Crippen LogP contribution in [0.1, 0.15) is 89.2 Å². The molecule has 0 saturated carbocycles. The third kappa shape index (κ3) is 8.26. The topological polar surface area (TPSA) is 66.0 Å². The molecule has 0 atom stereocenters. The van der Waals surface area contributed by atoms with Crippen molar-refractivity contribution in [3.05, 3.63) is 23.3 Å². The number of ether oxygens (including phenoxy) is 2. The van der Waals surface area contributed by atoms with Crippen LogP contribution in [0.4, 0.5) is 0 Å². The van der Waals surface area contributed by atoms with Crippen molar-refractivity contribution in [2.24, 2.45) is 0 Å². The molecule has 0 N–H and O–H groups in total. The molecular formula is C22H32N2O2. The van der Waals surface area contributed by atoms with Gasteiger partial charge < -0.3 is 9.47 Å². The first kappa shape index (κ1) is 21.8. The average molecular weight is 357 g/mol. The van der Waals surface area contributed by atoms with Crippen LogP contribution in [0, 0.1) is 22.7 Å². The zero-order valence-electron chi connectivity index (χ0n) is 16.4. The predicted molar refractivity (Wildman–Crippen MR) is 104 cm³/mol. The number of nitrogens with zero attached hydrogens (tertiary/aromatic N) is 2. The van der Waals surface area contributed by atoms with Crippen LogP contribution in [0.25, 0.3) is 0 Å². The van der Waals surface area contributed by atoms with E-state index in [0.717, 1.165) is 25.7 Å². The quantitative estimate of drug-likeness (QED) is 0.376. The molecule has 1 aromatic rings. The normalized spacial score (nSPS) is 10.2. The molecule has 1 rings (SSSR count). The van der Waals surface area contributed by atoms with E-state index < -0.39 is 0 Å². The highest BCUT2D eigenvalue weighted by Gasteiger charge is 2.12. The Morgan fingerprint density at radius 1 is 0.654 bits per heavy atom. The maximum Gasteiger partial charge on any atom is 0.162 e. The Balaban J connectivity index is 2.63. The van der Waals surface area contributed by atoms with Crippen molar-refractivity contribution in [2.75, 3.05) is 13.2 Å². The van der Waals surface area contributed by atoms with E-state index in [0.29, 0.717) is 35.8 Å². The highest BCUT2D eigenvalue weighted by Crippen LogP contribution is 2.31. The van der Waals surface area contributed by atoms with Gasteiger partial charge in [-0.1, -0.05) is 65.2 Å². The summed E-state index contributed by atoms with van der Waals surface area (Å²) in [4.78, 5) is 0. The van der Waals surface area contributed by atoms with E-state index in [9.17, 15) is 10.5 Å². The minimum Gasteiger partial charge on any atom is -0.490 e. The van der Waals surface area contributed by atoms with E-state index in [1.807, 2.05) is 0 Å². The maximum absolute atomic E-state index is 9.23. The first-order valence-electron chi connectivity index (χ1n) is 10.0. The highest BCUT2D eigenvalue weighted by atomic mass is 16.5. The second-order valence-electron chi connectivity index (χ2n) is 6.59. The Kier molecular flexibility index (Phi) is 11.8. The van der Waals surface area contributed by atoms with Crippen molar-refractivity contribution < 1.29 is 9.47 Å². The van der Waals surface area contributed by atoms with E-state index in [2.05, 4.69) is 26.0 Å². The lowest BCUT2D eigenvalue weighted by Crippen LogP contribution is -2.04. The van der Waals surface area contributed by atoms with Crippen LogP contribution in [0.3, 0.4) is 0 Å². The van der Waals surface area contributed by atoms with Gasteiger partial charge in [-0.2, -0.15) is 10.5 Å². The van der Waals surface area contributed by atoms with Crippen molar-refractivity contribution in [2.45, 2.75) is 78.1 Å². The molecular weight excluding hydrogens is 324 g/mol. The summed E-state index contributed by atoms with van der Waals surface area (Å²) in [6.45, 7) is 5.60. The summed E-state index contributed by atoms with van der Waals surface area (Å²) >= 11 is 0. The second kappa shape index (κ2) is 14.0. The SMILES string of the molecule is CCCCCCCOc1cc(C#N)c(C#N)cc1OCCCCCCC. The third-order valence-corrected chi connectivity index (χ3v) is 4.34. The lowest BCUT2D eigenvalue weighted by molar-refractivity contribution is 0.258. The van der Waals surface area contributed by atoms with E-state index in [1.165, 1.54) is 38.5 Å². The fourth-order valence-electron chi connectivity index (χ4n) is 2.75. The fraction of sp³-hybridized carbons (Fsp3) is 0.636. The Morgan fingerprint density at radius 2 is 1.04 bits per heavy atom. The molecule has 0 heterocycles. The van der Waals surface area contributed by atoms with Gasteiger partial charge in [0.1, 0.15) is 12.1 Å². The van der Waals surface area contributed by atoms with Crippen molar-refractivity contribution in [3.63, 3.8) is 0 Å². The van der Waals surface area contributed by atoms with Gasteiger partial charge in [0.15, 0.2) is 11.5 Å². The van der Waals surface area contributed by atoms with E-state index >= 15 is 0 Å². The molecule has 0 fully saturated rings. The van der Waals surface area contributed by atoms with Crippen LogP contribution < -0.4 is 9.47 Å². The maximum atomic E-state index is 9.23. The average Bonchev–Trinajstić information content (AvgIpc) is 2.67. The molecule has 0 unspecified atom stereocenters. The van der Waals surface area contributed by atoms with Gasteiger partial charge in [-0.15, -0.1) is 0 Å². The highest BCUT2D eigenvalue weighted by molar-refractivity contribution is 5.56. The molecule has 0 aliphatic carbocycles. The molecule has 0 aromatic heterocycles. The first-order chi connectivity index (χ1) is 12.8. The third-order valence-electron chi connectivity index (χ3n) is 4.34. The van der Waals surface area contributed by atoms with Crippen LogP contribution >= 0.6 is 0 Å². The zero-order chi connectivity index (χ0) is 19.0. The van der Waals surface area contributed by atoms with Crippen molar-refractivity contribution in [1.29, 1.82) is 10.5 Å². The Labute approximate surface area is 158 Å². The van der Waals surface area contributed by atoms with Gasteiger partial charge in [0.25, 0.3) is 0 Å². The van der Waals surface area contributed by atoms with Crippen molar-refractivity contribution in [1.82, 2.24) is 0 Å². The smallest absolute Gasteiger partial charge is 0.162 e. The molecule has 0 radical (unpaired) electrons. The number of hydrogen-bond acceptors (Lipinski definition) is 4. The van der Waals surface area contributed by atoms with E-state index in [4.69, 9.17) is 9.47 Å². The number of rotatable bonds is 14. The molecule has 142 valence electrons. The Bertz CT molecular complexity index is 546. The Morgan fingerprint density at radius 3 is 1.38 bits per heavy atom. The van der Waals surface area contributed by atoms with Gasteiger partial charge in [0, 0.05) is 12.1 Å². The van der Waals surface area contributed by atoms with Gasteiger partial charge >= 0.3 is 0 Å². The number of hydrogen-bond donors (Lipinski definition) is 0. The van der Waals surface area contributed by atoms with Crippen molar-refractivity contribution >= 4 is 0 Å². The summed E-state index contributed by atoms with van der Waals surface area (Å²) in [6.07, 6.45) is 11.6. The molecule has 0 aliphatic rings. The summed E-state index contributed by atoms with van der Waals surface area (Å²) < 4.78 is 11.7. The minimum atomic E-state index is 0.337. The zero-order valence-corrected chi connectivity index (χ0v) is 16.4. The van der Waals surface area contributed by atoms with E-state index in [-0.39, 0.29) is 0 Å². The van der Waals surface area contributed by atoms with Gasteiger partial charge in [0.05, 0.1) is 24.3 Å². The number of nitriles is 2. The molecule has 0 amide bonds. The Hall–Kier alpha value is -2.20. The van der Waals surface area contributed by atoms with Crippen LogP contribution in [-0.4, -0.2) is 13.2 Å². The molecule has 4 heteroatoms. The largest absolute Gasteiger partial charge is 0.490 e. The lowest BCUT2D eigenvalue weighted by atomic mass is 10.1. The molecule has 0 spiro atoms. The fourth-order valence-corrected chi connectivity index (χ4v) is 2.75. The standard InChI is InChI=1S/C22H32N2O2/c1-3-5-7-9-11-13-25-21-15-19(17-23)20(18-24)16-22(21)26-14-12-10-8-6-4-2/h15-16H,3-14H2,1-2H3. The summed E-state index contributed by atoms with van der Waals surface area (Å²) in [5.74, 6) is 1.15. The second-order valence-corrected chi connectivity index (χ2v) is 6.59. The molecule has 4 nitrogen and oxygen atoms in total. The predicted octanol–water partition coefficient (Wildman–Crippen LogP) is 6.13. The first-order valence-corrected chi connectivity index (χ1v) is 10.0. The summed E-state index contributed by atoms with van der Waals surface area (Å²) in [5, 5.41) is 18.5. The number of unbranched alkanes of at least 4 members (excludes halogenated alkanes) is 8. The summed E-state index contributed by atoms with van der Waals surface area (Å²) in [5.41, 5.74) is 0.674. The van der Waals surface area contributed by atoms with Gasteiger partial charge in [-0.25, -0.2) is 0 Å². The molecule has 1 aromatic carbocycles. The van der Waals surface area contributed by atoms with Gasteiger partial charge in [-0.05, 0) is 12.8 Å². The van der Waals surface area contributed by atoms with Crippen LogP contribution in [0.2, 0.25) is 0 Å². The number of benzene rings is 1. The molecule has 0 aliphatic heterocycles. The van der Waals surface area contributed by atoms with Crippen LogP contribution in [0.15, 0.2) is 12.1 Å².